The third kappa shape index (κ3) is 5.34. The summed E-state index contributed by atoms with van der Waals surface area (Å²) in [6.07, 6.45) is 1.50. The van der Waals surface area contributed by atoms with Crippen LogP contribution in [0.3, 0.4) is 0 Å². The molecular weight excluding hydrogens is 344 g/mol. The fourth-order valence-corrected chi connectivity index (χ4v) is 3.09. The van der Waals surface area contributed by atoms with E-state index in [0.717, 1.165) is 12.8 Å². The van der Waals surface area contributed by atoms with Crippen LogP contribution < -0.4 is 10.1 Å². The van der Waals surface area contributed by atoms with Crippen molar-refractivity contribution < 1.29 is 19.4 Å². The van der Waals surface area contributed by atoms with Crippen LogP contribution in [0.15, 0.2) is 24.3 Å². The van der Waals surface area contributed by atoms with Crippen LogP contribution >= 0.6 is 11.6 Å². The third-order valence-corrected chi connectivity index (χ3v) is 4.66. The number of carbonyl (C=O) groups excluding carboxylic acids is 1. The van der Waals surface area contributed by atoms with Crippen molar-refractivity contribution in [1.29, 1.82) is 0 Å². The predicted octanol–water partition coefficient (Wildman–Crippen LogP) is 2.55. The number of carbonyl (C=O) groups is 2. The monoisotopic (exact) mass is 368 g/mol. The van der Waals surface area contributed by atoms with Gasteiger partial charge in [-0.15, -0.1) is 0 Å². The Morgan fingerprint density at radius 3 is 2.64 bits per heavy atom. The molecule has 6 nitrogen and oxygen atoms in total. The second kappa shape index (κ2) is 8.06. The second-order valence-electron chi connectivity index (χ2n) is 6.82. The molecule has 1 aromatic carbocycles. The molecule has 2 N–H and O–H groups in total. The lowest BCUT2D eigenvalue weighted by atomic mass is 9.85. The molecule has 0 radical (unpaired) electrons. The van der Waals surface area contributed by atoms with E-state index < -0.39 is 11.6 Å². The maximum Gasteiger partial charge on any atom is 0.317 e. The summed E-state index contributed by atoms with van der Waals surface area (Å²) in [7, 11) is 0. The summed E-state index contributed by atoms with van der Waals surface area (Å²) < 4.78 is 5.78. The Bertz CT molecular complexity index is 629. The van der Waals surface area contributed by atoms with Gasteiger partial charge in [-0.1, -0.05) is 24.6 Å². The van der Waals surface area contributed by atoms with Crippen molar-refractivity contribution in [2.45, 2.75) is 51.3 Å². The van der Waals surface area contributed by atoms with Crippen molar-refractivity contribution in [1.82, 2.24) is 10.2 Å². The Morgan fingerprint density at radius 2 is 2.08 bits per heavy atom. The van der Waals surface area contributed by atoms with Crippen molar-refractivity contribution in [2.24, 2.45) is 0 Å². The highest BCUT2D eigenvalue weighted by atomic mass is 35.5. The summed E-state index contributed by atoms with van der Waals surface area (Å²) in [5.41, 5.74) is -1.03. The lowest BCUT2D eigenvalue weighted by molar-refractivity contribution is -0.140. The molecule has 0 heterocycles. The molecule has 0 spiro atoms. The number of nitrogens with zero attached hydrogens (tertiary/aromatic N) is 1. The van der Waals surface area contributed by atoms with Crippen molar-refractivity contribution in [3.8, 4) is 5.75 Å². The average molecular weight is 369 g/mol. The summed E-state index contributed by atoms with van der Waals surface area (Å²) in [6.45, 7) is 6.08. The molecule has 0 bridgehead atoms. The number of aliphatic carboxylic acids is 1. The Balaban J connectivity index is 1.85. The van der Waals surface area contributed by atoms with Gasteiger partial charge in [0.25, 0.3) is 5.91 Å². The summed E-state index contributed by atoms with van der Waals surface area (Å²) >= 11 is 5.94. The zero-order valence-electron chi connectivity index (χ0n) is 14.8. The molecule has 1 saturated carbocycles. The molecule has 0 atom stereocenters. The van der Waals surface area contributed by atoms with Crippen LogP contribution in [0.25, 0.3) is 0 Å². The molecule has 1 aliphatic rings. The summed E-state index contributed by atoms with van der Waals surface area (Å²) in [4.78, 5) is 25.3. The van der Waals surface area contributed by atoms with Crippen LogP contribution in [-0.4, -0.2) is 52.7 Å². The number of carboxylic acids is 1. The molecule has 1 fully saturated rings. The first kappa shape index (κ1) is 19.5. The number of benzene rings is 1. The smallest absolute Gasteiger partial charge is 0.317 e. The van der Waals surface area contributed by atoms with Crippen molar-refractivity contribution >= 4 is 23.5 Å². The molecule has 0 aliphatic heterocycles. The van der Waals surface area contributed by atoms with E-state index in [1.807, 2.05) is 11.8 Å². The van der Waals surface area contributed by atoms with Gasteiger partial charge in [0.15, 0.2) is 5.60 Å². The van der Waals surface area contributed by atoms with Crippen LogP contribution in [0.1, 0.15) is 33.6 Å². The molecule has 0 aromatic heterocycles. The minimum Gasteiger partial charge on any atom is -0.480 e. The van der Waals surface area contributed by atoms with E-state index in [9.17, 15) is 9.59 Å². The van der Waals surface area contributed by atoms with E-state index in [-0.39, 0.29) is 24.5 Å². The number of likely N-dealkylation sites (N-methyl/N-ethyl adjacent to an activating group) is 1. The Kier molecular flexibility index (Phi) is 6.30. The van der Waals surface area contributed by atoms with E-state index in [0.29, 0.717) is 17.3 Å². The van der Waals surface area contributed by atoms with Gasteiger partial charge in [-0.3, -0.25) is 14.5 Å². The van der Waals surface area contributed by atoms with Crippen LogP contribution in [-0.2, 0) is 9.59 Å². The van der Waals surface area contributed by atoms with Gasteiger partial charge in [0, 0.05) is 17.1 Å². The van der Waals surface area contributed by atoms with Gasteiger partial charge in [0.05, 0.1) is 6.54 Å². The fraction of sp³-hybridized carbons (Fsp3) is 0.556. The Morgan fingerprint density at radius 1 is 1.40 bits per heavy atom. The third-order valence-electron chi connectivity index (χ3n) is 4.43. The number of carboxylic acid groups (broad SMARTS) is 1. The molecular formula is C18H25ClN2O4. The van der Waals surface area contributed by atoms with Crippen LogP contribution in [0.5, 0.6) is 5.75 Å². The molecule has 7 heteroatoms. The molecule has 1 amide bonds. The zero-order chi connectivity index (χ0) is 18.6. The van der Waals surface area contributed by atoms with Crippen molar-refractivity contribution in [2.75, 3.05) is 13.1 Å². The van der Waals surface area contributed by atoms with Gasteiger partial charge < -0.3 is 15.2 Å². The fourth-order valence-electron chi connectivity index (χ4n) is 2.91. The predicted molar refractivity (Wildman–Crippen MR) is 96.0 cm³/mol. The number of halogens is 1. The highest BCUT2D eigenvalue weighted by Crippen LogP contribution is 2.27. The maximum absolute atomic E-state index is 12.5. The van der Waals surface area contributed by atoms with Gasteiger partial charge >= 0.3 is 5.97 Å². The number of hydrogen-bond donors (Lipinski definition) is 2. The minimum absolute atomic E-state index is 0.0329. The molecule has 1 aliphatic carbocycles. The second-order valence-corrected chi connectivity index (χ2v) is 7.26. The van der Waals surface area contributed by atoms with Crippen molar-refractivity contribution in [3.63, 3.8) is 0 Å². The summed E-state index contributed by atoms with van der Waals surface area (Å²) in [6, 6.07) is 7.18. The zero-order valence-corrected chi connectivity index (χ0v) is 15.5. The van der Waals surface area contributed by atoms with Gasteiger partial charge in [0.1, 0.15) is 5.75 Å². The number of amides is 1. The van der Waals surface area contributed by atoms with Gasteiger partial charge in [0.2, 0.25) is 0 Å². The highest BCUT2D eigenvalue weighted by molar-refractivity contribution is 6.30. The average Bonchev–Trinajstić information content (AvgIpc) is 2.47. The lowest BCUT2D eigenvalue weighted by Gasteiger charge is -2.43. The highest BCUT2D eigenvalue weighted by Gasteiger charge is 2.38. The molecule has 2 rings (SSSR count). The largest absolute Gasteiger partial charge is 0.480 e. The van der Waals surface area contributed by atoms with E-state index in [2.05, 4.69) is 5.32 Å². The number of rotatable bonds is 8. The van der Waals surface area contributed by atoms with Gasteiger partial charge in [-0.25, -0.2) is 0 Å². The maximum atomic E-state index is 12.5. The van der Waals surface area contributed by atoms with Crippen LogP contribution in [0, 0.1) is 0 Å². The first-order valence-corrected chi connectivity index (χ1v) is 8.80. The minimum atomic E-state index is -1.03. The number of nitrogens with one attached hydrogen (secondary N) is 1. The van der Waals surface area contributed by atoms with E-state index in [1.165, 1.54) is 0 Å². The number of ether oxygens (including phenoxy) is 1. The molecule has 0 unspecified atom stereocenters. The summed E-state index contributed by atoms with van der Waals surface area (Å²) in [5.74, 6) is -0.486. The quantitative estimate of drug-likeness (QED) is 0.737. The Labute approximate surface area is 153 Å². The molecule has 1 aromatic rings. The molecule has 0 saturated heterocycles. The van der Waals surface area contributed by atoms with Gasteiger partial charge in [-0.05, 0) is 51.4 Å². The SMILES string of the molecule is CCN(CC(=O)O)C1CC(NC(=O)C(C)(C)Oc2cccc(Cl)c2)C1. The van der Waals surface area contributed by atoms with Crippen molar-refractivity contribution in [3.05, 3.63) is 29.3 Å². The lowest BCUT2D eigenvalue weighted by Crippen LogP contribution is -2.58. The van der Waals surface area contributed by atoms with E-state index >= 15 is 0 Å². The normalized spacial score (nSPS) is 20.0. The van der Waals surface area contributed by atoms with Gasteiger partial charge in [-0.2, -0.15) is 0 Å². The van der Waals surface area contributed by atoms with Crippen LogP contribution in [0.2, 0.25) is 5.02 Å². The van der Waals surface area contributed by atoms with E-state index in [1.54, 1.807) is 38.1 Å². The first-order chi connectivity index (χ1) is 11.7. The standard InChI is InChI=1S/C18H25ClN2O4/c1-4-21(11-16(22)23)14-9-13(10-14)20-17(24)18(2,3)25-15-7-5-6-12(19)8-15/h5-8,13-14H,4,9-11H2,1-3H3,(H,20,24)(H,22,23). The molecule has 25 heavy (non-hydrogen) atoms. The van der Waals surface area contributed by atoms with Crippen LogP contribution in [0.4, 0.5) is 0 Å². The number of hydrogen-bond acceptors (Lipinski definition) is 4. The Hall–Kier alpha value is -1.79. The molecule has 138 valence electrons. The summed E-state index contributed by atoms with van der Waals surface area (Å²) in [5, 5.41) is 12.5. The topological polar surface area (TPSA) is 78.9 Å². The first-order valence-electron chi connectivity index (χ1n) is 8.42. The van der Waals surface area contributed by atoms with E-state index in [4.69, 9.17) is 21.4 Å².